The highest BCUT2D eigenvalue weighted by molar-refractivity contribution is 7.09. The molecule has 30 heavy (non-hydrogen) atoms. The Kier molecular flexibility index (Phi) is 8.03. The van der Waals surface area contributed by atoms with Crippen molar-refractivity contribution in [1.29, 1.82) is 0 Å². The number of hydrogen-bond acceptors (Lipinski definition) is 4. The van der Waals surface area contributed by atoms with Crippen LogP contribution >= 0.6 is 11.3 Å². The number of hydrogen-bond donors (Lipinski definition) is 2. The number of allylic oxidation sites excluding steroid dienone is 1. The monoisotopic (exact) mass is 423 g/mol. The smallest absolute Gasteiger partial charge is 0.303 e. The number of amides is 1. The summed E-state index contributed by atoms with van der Waals surface area (Å²) in [4.78, 5) is 24.5. The first kappa shape index (κ1) is 21.6. The molecule has 2 N–H and O–H groups in total. The van der Waals surface area contributed by atoms with Crippen molar-refractivity contribution in [3.05, 3.63) is 76.5 Å². The zero-order valence-electron chi connectivity index (χ0n) is 16.7. The summed E-state index contributed by atoms with van der Waals surface area (Å²) in [7, 11) is 0. The van der Waals surface area contributed by atoms with Crippen molar-refractivity contribution in [2.24, 2.45) is 0 Å². The number of thiophene rings is 1. The number of carbonyl (C=O) groups excluding carboxylic acids is 1. The van der Waals surface area contributed by atoms with Gasteiger partial charge in [0, 0.05) is 16.7 Å². The molecule has 3 aromatic rings. The van der Waals surface area contributed by atoms with Crippen LogP contribution in [0.1, 0.15) is 30.6 Å². The molecule has 1 amide bonds. The fraction of sp³-hybridized carbons (Fsp3) is 0.250. The van der Waals surface area contributed by atoms with Crippen molar-refractivity contribution in [3.63, 3.8) is 0 Å². The summed E-state index contributed by atoms with van der Waals surface area (Å²) < 4.78 is 6.01. The molecule has 5 nitrogen and oxygen atoms in total. The van der Waals surface area contributed by atoms with Crippen molar-refractivity contribution in [1.82, 2.24) is 5.32 Å². The van der Waals surface area contributed by atoms with Gasteiger partial charge in [-0.15, -0.1) is 11.3 Å². The number of carboxylic acids is 1. The average molecular weight is 424 g/mol. The molecule has 1 heterocycles. The maximum absolute atomic E-state index is 12.7. The second-order valence-electron chi connectivity index (χ2n) is 6.90. The van der Waals surface area contributed by atoms with E-state index in [0.717, 1.165) is 21.4 Å². The first-order valence-corrected chi connectivity index (χ1v) is 10.8. The standard InChI is InChI=1S/C24H25NO4S/c26-23(27)14-3-1-2-9-19(24(28)25-16-20-11-7-15-30-20)17-29-22-13-6-10-18-8-4-5-12-21(18)22/h4-13,15H,1-3,14,16-17H2,(H,25,28)(H,26,27). The second-order valence-corrected chi connectivity index (χ2v) is 7.93. The molecule has 0 aliphatic rings. The second kappa shape index (κ2) is 11.2. The Morgan fingerprint density at radius 1 is 1.03 bits per heavy atom. The third kappa shape index (κ3) is 6.46. The number of aliphatic carboxylic acids is 1. The van der Waals surface area contributed by atoms with Crippen LogP contribution < -0.4 is 10.1 Å². The van der Waals surface area contributed by atoms with E-state index in [4.69, 9.17) is 9.84 Å². The average Bonchev–Trinajstić information content (AvgIpc) is 3.27. The molecule has 0 aliphatic heterocycles. The van der Waals surface area contributed by atoms with Crippen LogP contribution in [0.2, 0.25) is 0 Å². The van der Waals surface area contributed by atoms with Gasteiger partial charge in [-0.3, -0.25) is 9.59 Å². The third-order valence-corrected chi connectivity index (χ3v) is 5.54. The highest BCUT2D eigenvalue weighted by Gasteiger charge is 2.12. The van der Waals surface area contributed by atoms with Crippen LogP contribution in [0.5, 0.6) is 5.75 Å². The molecule has 0 unspecified atom stereocenters. The highest BCUT2D eigenvalue weighted by Crippen LogP contribution is 2.25. The molecule has 0 aliphatic carbocycles. The fourth-order valence-electron chi connectivity index (χ4n) is 3.09. The molecule has 0 saturated heterocycles. The fourth-order valence-corrected chi connectivity index (χ4v) is 3.73. The summed E-state index contributed by atoms with van der Waals surface area (Å²) in [6.07, 6.45) is 3.92. The van der Waals surface area contributed by atoms with Crippen molar-refractivity contribution in [3.8, 4) is 5.75 Å². The molecule has 0 spiro atoms. The number of fused-ring (bicyclic) bond motifs is 1. The Bertz CT molecular complexity index is 1010. The minimum atomic E-state index is -0.799. The van der Waals surface area contributed by atoms with E-state index < -0.39 is 5.97 Å². The maximum Gasteiger partial charge on any atom is 0.303 e. The zero-order valence-corrected chi connectivity index (χ0v) is 17.5. The molecule has 1 aromatic heterocycles. The van der Waals surface area contributed by atoms with Crippen LogP contribution in [0.4, 0.5) is 0 Å². The Morgan fingerprint density at radius 2 is 1.87 bits per heavy atom. The van der Waals surface area contributed by atoms with Crippen molar-refractivity contribution in [2.45, 2.75) is 32.2 Å². The van der Waals surface area contributed by atoms with Gasteiger partial charge in [0.25, 0.3) is 5.91 Å². The lowest BCUT2D eigenvalue weighted by atomic mass is 10.1. The van der Waals surface area contributed by atoms with E-state index >= 15 is 0 Å². The molecule has 156 valence electrons. The van der Waals surface area contributed by atoms with Crippen LogP contribution in [0.25, 0.3) is 10.8 Å². The predicted octanol–water partition coefficient (Wildman–Crippen LogP) is 5.17. The Labute approximate surface area is 180 Å². The zero-order chi connectivity index (χ0) is 21.2. The molecule has 0 atom stereocenters. The van der Waals surface area contributed by atoms with Gasteiger partial charge >= 0.3 is 5.97 Å². The lowest BCUT2D eigenvalue weighted by Crippen LogP contribution is -2.27. The van der Waals surface area contributed by atoms with Crippen LogP contribution in [0.3, 0.4) is 0 Å². The van der Waals surface area contributed by atoms with E-state index in [1.54, 1.807) is 11.3 Å². The Hall–Kier alpha value is -3.12. The highest BCUT2D eigenvalue weighted by atomic mass is 32.1. The summed E-state index contributed by atoms with van der Waals surface area (Å²) in [6, 6.07) is 17.7. The minimum Gasteiger partial charge on any atom is -0.488 e. The summed E-state index contributed by atoms with van der Waals surface area (Å²) in [5.74, 6) is -0.231. The van der Waals surface area contributed by atoms with E-state index in [1.807, 2.05) is 66.1 Å². The summed E-state index contributed by atoms with van der Waals surface area (Å²) in [5, 5.41) is 15.8. The van der Waals surface area contributed by atoms with Gasteiger partial charge in [-0.2, -0.15) is 0 Å². The third-order valence-electron chi connectivity index (χ3n) is 4.66. The number of nitrogens with one attached hydrogen (secondary N) is 1. The molecule has 6 heteroatoms. The predicted molar refractivity (Wildman–Crippen MR) is 120 cm³/mol. The summed E-state index contributed by atoms with van der Waals surface area (Å²) in [5.41, 5.74) is 0.551. The van der Waals surface area contributed by atoms with E-state index in [1.165, 1.54) is 0 Å². The molecule has 0 bridgehead atoms. The van der Waals surface area contributed by atoms with Crippen LogP contribution in [0, 0.1) is 0 Å². The lowest BCUT2D eigenvalue weighted by molar-refractivity contribution is -0.137. The molecular formula is C24H25NO4S. The number of unbranched alkanes of at least 4 members (excludes halogenated alkanes) is 2. The van der Waals surface area contributed by atoms with E-state index in [9.17, 15) is 9.59 Å². The van der Waals surface area contributed by atoms with Crippen molar-refractivity contribution < 1.29 is 19.4 Å². The quantitative estimate of drug-likeness (QED) is 0.330. The molecule has 3 rings (SSSR count). The van der Waals surface area contributed by atoms with Crippen molar-refractivity contribution in [2.75, 3.05) is 6.61 Å². The van der Waals surface area contributed by atoms with Gasteiger partial charge in [0.1, 0.15) is 12.4 Å². The Balaban J connectivity index is 1.65. The van der Waals surface area contributed by atoms with Gasteiger partial charge in [0.15, 0.2) is 0 Å². The van der Waals surface area contributed by atoms with E-state index in [2.05, 4.69) is 5.32 Å². The number of benzene rings is 2. The molecule has 0 fully saturated rings. The first-order chi connectivity index (χ1) is 14.6. The Morgan fingerprint density at radius 3 is 2.67 bits per heavy atom. The van der Waals surface area contributed by atoms with Gasteiger partial charge < -0.3 is 15.2 Å². The molecule has 0 radical (unpaired) electrons. The maximum atomic E-state index is 12.7. The van der Waals surface area contributed by atoms with Gasteiger partial charge in [0.2, 0.25) is 0 Å². The summed E-state index contributed by atoms with van der Waals surface area (Å²) >= 11 is 1.59. The van der Waals surface area contributed by atoms with Crippen molar-refractivity contribution >= 4 is 34.0 Å². The molecule has 0 saturated carbocycles. The number of carbonyl (C=O) groups is 2. The topological polar surface area (TPSA) is 75.6 Å². The normalized spacial score (nSPS) is 11.4. The SMILES string of the molecule is O=C(O)CCCCC=C(COc1cccc2ccccc12)C(=O)NCc1cccs1. The number of ether oxygens (including phenoxy) is 1. The molecule has 2 aromatic carbocycles. The van der Waals surface area contributed by atoms with Crippen LogP contribution in [-0.2, 0) is 16.1 Å². The van der Waals surface area contributed by atoms with E-state index in [0.29, 0.717) is 31.4 Å². The van der Waals surface area contributed by atoms with Gasteiger partial charge in [-0.05, 0) is 42.2 Å². The van der Waals surface area contributed by atoms with Crippen LogP contribution in [0.15, 0.2) is 71.6 Å². The number of carboxylic acid groups (broad SMARTS) is 1. The minimum absolute atomic E-state index is 0.139. The van der Waals surface area contributed by atoms with Gasteiger partial charge in [0.05, 0.1) is 12.1 Å². The largest absolute Gasteiger partial charge is 0.488 e. The number of rotatable bonds is 11. The first-order valence-electron chi connectivity index (χ1n) is 9.95. The van der Waals surface area contributed by atoms with Gasteiger partial charge in [-0.25, -0.2) is 0 Å². The van der Waals surface area contributed by atoms with E-state index in [-0.39, 0.29) is 18.9 Å². The summed E-state index contributed by atoms with van der Waals surface area (Å²) in [6.45, 7) is 0.629. The molecular weight excluding hydrogens is 398 g/mol. The van der Waals surface area contributed by atoms with Gasteiger partial charge in [-0.1, -0.05) is 48.5 Å². The van der Waals surface area contributed by atoms with Crippen LogP contribution in [-0.4, -0.2) is 23.6 Å². The lowest BCUT2D eigenvalue weighted by Gasteiger charge is -2.12.